The maximum Gasteiger partial charge on any atom is 0.410 e. The van der Waals surface area contributed by atoms with Gasteiger partial charge in [0.25, 0.3) is 0 Å². The van der Waals surface area contributed by atoms with Crippen molar-refractivity contribution >= 4 is 15.9 Å². The van der Waals surface area contributed by atoms with Gasteiger partial charge >= 0.3 is 6.09 Å². The standard InChI is InChI=1S/C16H21N3O4S/c1-16(2,3)23-15(20)19-8-4-5-13(11-19)24(21,22)14-9-12(10-17)6-7-18-14/h6-7,9,13H,4-5,8,11H2,1-3H3. The fraction of sp³-hybridized carbons (Fsp3) is 0.562. The van der Waals surface area contributed by atoms with Crippen molar-refractivity contribution in [2.45, 2.75) is 49.5 Å². The van der Waals surface area contributed by atoms with Crippen molar-refractivity contribution in [3.05, 3.63) is 23.9 Å². The van der Waals surface area contributed by atoms with Crippen LogP contribution in [0.2, 0.25) is 0 Å². The van der Waals surface area contributed by atoms with Gasteiger partial charge in [-0.2, -0.15) is 5.26 Å². The number of sulfone groups is 1. The van der Waals surface area contributed by atoms with E-state index in [9.17, 15) is 13.2 Å². The molecule has 1 aliphatic rings. The molecule has 7 nitrogen and oxygen atoms in total. The monoisotopic (exact) mass is 351 g/mol. The third kappa shape index (κ3) is 4.23. The summed E-state index contributed by atoms with van der Waals surface area (Å²) in [4.78, 5) is 17.5. The van der Waals surface area contributed by atoms with E-state index >= 15 is 0 Å². The Hall–Kier alpha value is -2.14. The number of carbonyl (C=O) groups is 1. The van der Waals surface area contributed by atoms with Gasteiger partial charge in [0.2, 0.25) is 0 Å². The predicted octanol–water partition coefficient (Wildman–Crippen LogP) is 2.13. The van der Waals surface area contributed by atoms with Gasteiger partial charge in [-0.1, -0.05) is 0 Å². The van der Waals surface area contributed by atoms with E-state index < -0.39 is 26.8 Å². The molecule has 2 rings (SSSR count). The Morgan fingerprint density at radius 3 is 2.79 bits per heavy atom. The molecule has 0 radical (unpaired) electrons. The molecule has 0 N–H and O–H groups in total. The van der Waals surface area contributed by atoms with E-state index in [1.165, 1.54) is 23.2 Å². The number of aromatic nitrogens is 1. The van der Waals surface area contributed by atoms with Crippen LogP contribution in [0, 0.1) is 11.3 Å². The fourth-order valence-electron chi connectivity index (χ4n) is 2.49. The number of hydrogen-bond acceptors (Lipinski definition) is 6. The molecule has 130 valence electrons. The lowest BCUT2D eigenvalue weighted by Crippen LogP contribution is -2.47. The largest absolute Gasteiger partial charge is 0.444 e. The summed E-state index contributed by atoms with van der Waals surface area (Å²) in [5.74, 6) is 0. The molecule has 1 atom stereocenters. The van der Waals surface area contributed by atoms with E-state index in [4.69, 9.17) is 10.00 Å². The summed E-state index contributed by atoms with van der Waals surface area (Å²) < 4.78 is 30.8. The fourth-order valence-corrected chi connectivity index (χ4v) is 4.18. The Morgan fingerprint density at radius 1 is 1.46 bits per heavy atom. The third-order valence-electron chi connectivity index (χ3n) is 3.62. The van der Waals surface area contributed by atoms with Crippen molar-refractivity contribution in [1.82, 2.24) is 9.88 Å². The lowest BCUT2D eigenvalue weighted by atomic mass is 10.1. The molecule has 0 aromatic carbocycles. The van der Waals surface area contributed by atoms with Crippen molar-refractivity contribution in [2.75, 3.05) is 13.1 Å². The second-order valence-corrected chi connectivity index (χ2v) is 8.91. The highest BCUT2D eigenvalue weighted by Crippen LogP contribution is 2.24. The first-order valence-corrected chi connectivity index (χ1v) is 9.26. The van der Waals surface area contributed by atoms with Crippen molar-refractivity contribution in [1.29, 1.82) is 5.26 Å². The van der Waals surface area contributed by atoms with Crippen LogP contribution in [-0.4, -0.2) is 48.3 Å². The molecule has 2 heterocycles. The molecule has 8 heteroatoms. The molecule has 1 saturated heterocycles. The highest BCUT2D eigenvalue weighted by Gasteiger charge is 2.36. The van der Waals surface area contributed by atoms with Crippen LogP contribution in [0.4, 0.5) is 4.79 Å². The van der Waals surface area contributed by atoms with Crippen molar-refractivity contribution in [3.8, 4) is 6.07 Å². The number of pyridine rings is 1. The molecule has 1 amide bonds. The van der Waals surface area contributed by atoms with Crippen LogP contribution in [0.25, 0.3) is 0 Å². The third-order valence-corrected chi connectivity index (χ3v) is 5.69. The first-order chi connectivity index (χ1) is 11.1. The first-order valence-electron chi connectivity index (χ1n) is 7.71. The SMILES string of the molecule is CC(C)(C)OC(=O)N1CCCC(S(=O)(=O)c2cc(C#N)ccn2)C1. The maximum absolute atomic E-state index is 12.8. The van der Waals surface area contributed by atoms with Gasteiger partial charge in [-0.15, -0.1) is 0 Å². The first kappa shape index (κ1) is 18.2. The van der Waals surface area contributed by atoms with Gasteiger partial charge in [0.05, 0.1) is 16.9 Å². The highest BCUT2D eigenvalue weighted by atomic mass is 32.2. The normalized spacial score (nSPS) is 18.8. The number of piperidine rings is 1. The van der Waals surface area contributed by atoms with Crippen LogP contribution in [0.1, 0.15) is 39.2 Å². The van der Waals surface area contributed by atoms with E-state index in [1.807, 2.05) is 6.07 Å². The molecule has 1 unspecified atom stereocenters. The van der Waals surface area contributed by atoms with Crippen LogP contribution in [0.3, 0.4) is 0 Å². The van der Waals surface area contributed by atoms with Gasteiger partial charge in [-0.25, -0.2) is 18.2 Å². The van der Waals surface area contributed by atoms with Crippen molar-refractivity contribution in [3.63, 3.8) is 0 Å². The summed E-state index contributed by atoms with van der Waals surface area (Å²) in [6, 6.07) is 4.62. The number of nitrogens with zero attached hydrogens (tertiary/aromatic N) is 3. The maximum atomic E-state index is 12.8. The van der Waals surface area contributed by atoms with E-state index in [2.05, 4.69) is 4.98 Å². The van der Waals surface area contributed by atoms with E-state index in [-0.39, 0.29) is 17.1 Å². The van der Waals surface area contributed by atoms with Gasteiger partial charge in [0, 0.05) is 19.3 Å². The van der Waals surface area contributed by atoms with Crippen LogP contribution < -0.4 is 0 Å². The Labute approximate surface area is 142 Å². The predicted molar refractivity (Wildman–Crippen MR) is 87.0 cm³/mol. The molecule has 1 aromatic heterocycles. The van der Waals surface area contributed by atoms with Crippen molar-refractivity contribution in [2.24, 2.45) is 0 Å². The number of likely N-dealkylation sites (tertiary alicyclic amines) is 1. The minimum atomic E-state index is -3.72. The molecular formula is C16H21N3O4S. The smallest absolute Gasteiger partial charge is 0.410 e. The number of nitriles is 1. The molecule has 1 fully saturated rings. The topological polar surface area (TPSA) is 100 Å². The lowest BCUT2D eigenvalue weighted by molar-refractivity contribution is 0.0219. The number of amides is 1. The number of hydrogen-bond donors (Lipinski definition) is 0. The second kappa shape index (κ2) is 6.77. The zero-order chi connectivity index (χ0) is 18.0. The van der Waals surface area contributed by atoms with Crippen LogP contribution in [0.5, 0.6) is 0 Å². The van der Waals surface area contributed by atoms with Gasteiger partial charge < -0.3 is 9.64 Å². The summed E-state index contributed by atoms with van der Waals surface area (Å²) in [7, 11) is -3.72. The van der Waals surface area contributed by atoms with E-state index in [0.29, 0.717) is 19.4 Å². The second-order valence-electron chi connectivity index (χ2n) is 6.73. The van der Waals surface area contributed by atoms with Gasteiger partial charge in [-0.3, -0.25) is 0 Å². The minimum Gasteiger partial charge on any atom is -0.444 e. The quantitative estimate of drug-likeness (QED) is 0.809. The summed E-state index contributed by atoms with van der Waals surface area (Å²) in [6.07, 6.45) is 1.81. The Balaban J connectivity index is 2.19. The summed E-state index contributed by atoms with van der Waals surface area (Å²) >= 11 is 0. The Bertz CT molecular complexity index is 762. The highest BCUT2D eigenvalue weighted by molar-refractivity contribution is 7.92. The number of rotatable bonds is 2. The lowest BCUT2D eigenvalue weighted by Gasteiger charge is -2.33. The zero-order valence-corrected chi connectivity index (χ0v) is 14.8. The summed E-state index contributed by atoms with van der Waals surface area (Å²) in [5, 5.41) is 8.04. The number of carbonyl (C=O) groups excluding carboxylic acids is 1. The zero-order valence-electron chi connectivity index (χ0n) is 14.0. The number of ether oxygens (including phenoxy) is 1. The van der Waals surface area contributed by atoms with Crippen LogP contribution in [0.15, 0.2) is 23.4 Å². The van der Waals surface area contributed by atoms with Gasteiger partial charge in [-0.05, 0) is 45.7 Å². The van der Waals surface area contributed by atoms with E-state index in [0.717, 1.165) is 0 Å². The van der Waals surface area contributed by atoms with Crippen LogP contribution in [-0.2, 0) is 14.6 Å². The van der Waals surface area contributed by atoms with Crippen LogP contribution >= 0.6 is 0 Å². The van der Waals surface area contributed by atoms with Gasteiger partial charge in [0.1, 0.15) is 5.60 Å². The average Bonchev–Trinajstić information content (AvgIpc) is 2.53. The molecule has 0 aliphatic carbocycles. The summed E-state index contributed by atoms with van der Waals surface area (Å²) in [5.41, 5.74) is -0.394. The Morgan fingerprint density at radius 2 is 2.17 bits per heavy atom. The molecule has 0 saturated carbocycles. The van der Waals surface area contributed by atoms with Crippen molar-refractivity contribution < 1.29 is 17.9 Å². The Kier molecular flexibility index (Phi) is 5.13. The van der Waals surface area contributed by atoms with E-state index in [1.54, 1.807) is 20.8 Å². The molecule has 24 heavy (non-hydrogen) atoms. The average molecular weight is 351 g/mol. The molecule has 0 bridgehead atoms. The molecule has 1 aromatic rings. The molecule has 1 aliphatic heterocycles. The summed E-state index contributed by atoms with van der Waals surface area (Å²) in [6.45, 7) is 5.82. The van der Waals surface area contributed by atoms with Gasteiger partial charge in [0.15, 0.2) is 14.9 Å². The minimum absolute atomic E-state index is 0.0652. The molecular weight excluding hydrogens is 330 g/mol. The molecule has 0 spiro atoms.